The molecule has 2 atom stereocenters. The maximum Gasteiger partial charge on any atom is 0.313 e. The highest BCUT2D eigenvalue weighted by Gasteiger charge is 2.19. The second-order valence-electron chi connectivity index (χ2n) is 3.46. The van der Waals surface area contributed by atoms with Crippen LogP contribution < -0.4 is 0 Å². The first-order valence-corrected chi connectivity index (χ1v) is 4.97. The Balaban J connectivity index is 4.00. The summed E-state index contributed by atoms with van der Waals surface area (Å²) < 4.78 is 4.77. The smallest absolute Gasteiger partial charge is 0.313 e. The van der Waals surface area contributed by atoms with Gasteiger partial charge in [-0.25, -0.2) is 0 Å². The highest BCUT2D eigenvalue weighted by molar-refractivity contribution is 5.72. The largest absolute Gasteiger partial charge is 0.435 e. The molecular weight excluding hydrogens is 164 g/mol. The summed E-state index contributed by atoms with van der Waals surface area (Å²) in [5.41, 5.74) is 0. The summed E-state index contributed by atoms with van der Waals surface area (Å²) in [6.07, 6.45) is 4.08. The van der Waals surface area contributed by atoms with Gasteiger partial charge in [0.2, 0.25) is 0 Å². The fourth-order valence-corrected chi connectivity index (χ4v) is 1.26. The predicted molar refractivity (Wildman–Crippen MR) is 54.1 cm³/mol. The van der Waals surface area contributed by atoms with Crippen molar-refractivity contribution in [3.05, 3.63) is 12.8 Å². The van der Waals surface area contributed by atoms with Gasteiger partial charge < -0.3 is 4.74 Å². The van der Waals surface area contributed by atoms with Gasteiger partial charge in [-0.05, 0) is 18.8 Å². The molecule has 13 heavy (non-hydrogen) atoms. The molecule has 0 aromatic heterocycles. The van der Waals surface area contributed by atoms with Gasteiger partial charge in [-0.15, -0.1) is 0 Å². The van der Waals surface area contributed by atoms with Crippen LogP contribution in [0.1, 0.15) is 40.0 Å². The van der Waals surface area contributed by atoms with Crippen LogP contribution in [0.2, 0.25) is 0 Å². The Kier molecular flexibility index (Phi) is 6.29. The van der Waals surface area contributed by atoms with Crippen LogP contribution in [0.25, 0.3) is 0 Å². The molecular formula is C11H20O2. The maximum atomic E-state index is 11.3. The van der Waals surface area contributed by atoms with Gasteiger partial charge in [-0.2, -0.15) is 0 Å². The van der Waals surface area contributed by atoms with Gasteiger partial charge >= 0.3 is 5.97 Å². The maximum absolute atomic E-state index is 11.3. The summed E-state index contributed by atoms with van der Waals surface area (Å²) >= 11 is 0. The molecule has 0 spiro atoms. The summed E-state index contributed by atoms with van der Waals surface area (Å²) in [5, 5.41) is 0. The number of ether oxygens (including phenoxy) is 1. The molecule has 0 heterocycles. The summed E-state index contributed by atoms with van der Waals surface area (Å²) in [5.74, 6) is 0.480. The van der Waals surface area contributed by atoms with Crippen molar-refractivity contribution in [2.45, 2.75) is 40.0 Å². The normalized spacial score (nSPS) is 14.7. The second kappa shape index (κ2) is 6.70. The van der Waals surface area contributed by atoms with Crippen LogP contribution in [-0.4, -0.2) is 5.97 Å². The van der Waals surface area contributed by atoms with Crippen LogP contribution in [0.4, 0.5) is 0 Å². The minimum atomic E-state index is -0.141. The molecule has 0 aliphatic carbocycles. The average molecular weight is 184 g/mol. The lowest BCUT2D eigenvalue weighted by Crippen LogP contribution is -2.17. The molecule has 2 heteroatoms. The zero-order valence-electron chi connectivity index (χ0n) is 8.88. The molecule has 76 valence electrons. The number of rotatable bonds is 6. The zero-order chi connectivity index (χ0) is 10.3. The van der Waals surface area contributed by atoms with E-state index < -0.39 is 0 Å². The van der Waals surface area contributed by atoms with E-state index in [1.165, 1.54) is 6.26 Å². The molecule has 0 aromatic rings. The van der Waals surface area contributed by atoms with E-state index in [0.717, 1.165) is 19.3 Å². The molecule has 0 fully saturated rings. The number of hydrogen-bond acceptors (Lipinski definition) is 2. The number of esters is 1. The monoisotopic (exact) mass is 184 g/mol. The Morgan fingerprint density at radius 2 is 2.08 bits per heavy atom. The van der Waals surface area contributed by atoms with Crippen LogP contribution in [0.3, 0.4) is 0 Å². The summed E-state index contributed by atoms with van der Waals surface area (Å²) in [6.45, 7) is 9.68. The Morgan fingerprint density at radius 1 is 1.46 bits per heavy atom. The first kappa shape index (κ1) is 12.2. The van der Waals surface area contributed by atoms with E-state index in [0.29, 0.717) is 5.92 Å². The van der Waals surface area contributed by atoms with Crippen molar-refractivity contribution in [1.82, 2.24) is 0 Å². The van der Waals surface area contributed by atoms with Crippen molar-refractivity contribution in [3.63, 3.8) is 0 Å². The van der Waals surface area contributed by atoms with Crippen molar-refractivity contribution < 1.29 is 9.53 Å². The van der Waals surface area contributed by atoms with Gasteiger partial charge in [0.1, 0.15) is 0 Å². The number of hydrogen-bond donors (Lipinski definition) is 0. The van der Waals surface area contributed by atoms with Crippen molar-refractivity contribution in [2.75, 3.05) is 0 Å². The third-order valence-electron chi connectivity index (χ3n) is 2.41. The SMILES string of the molecule is C=COC(=O)C(CC)CC(C)CC. The van der Waals surface area contributed by atoms with Crippen LogP contribution in [-0.2, 0) is 9.53 Å². The summed E-state index contributed by atoms with van der Waals surface area (Å²) in [7, 11) is 0. The van der Waals surface area contributed by atoms with E-state index in [9.17, 15) is 4.79 Å². The van der Waals surface area contributed by atoms with Gasteiger partial charge in [0, 0.05) is 0 Å². The molecule has 0 aliphatic rings. The molecule has 0 rings (SSSR count). The van der Waals surface area contributed by atoms with E-state index in [1.54, 1.807) is 0 Å². The molecule has 0 aliphatic heterocycles. The second-order valence-corrected chi connectivity index (χ2v) is 3.46. The number of carbonyl (C=O) groups excluding carboxylic acids is 1. The molecule has 0 saturated carbocycles. The Hall–Kier alpha value is -0.790. The third kappa shape index (κ3) is 4.71. The molecule has 0 amide bonds. The summed E-state index contributed by atoms with van der Waals surface area (Å²) in [4.78, 5) is 11.3. The predicted octanol–water partition coefficient (Wildman–Crippen LogP) is 3.14. The van der Waals surface area contributed by atoms with Gasteiger partial charge in [0.05, 0.1) is 12.2 Å². The molecule has 0 aromatic carbocycles. The highest BCUT2D eigenvalue weighted by atomic mass is 16.5. The molecule has 0 radical (unpaired) electrons. The van der Waals surface area contributed by atoms with Crippen LogP contribution in [0.15, 0.2) is 12.8 Å². The van der Waals surface area contributed by atoms with Crippen LogP contribution >= 0.6 is 0 Å². The van der Waals surface area contributed by atoms with Crippen LogP contribution in [0, 0.1) is 11.8 Å². The van der Waals surface area contributed by atoms with E-state index in [1.807, 2.05) is 6.92 Å². The van der Waals surface area contributed by atoms with Crippen molar-refractivity contribution in [3.8, 4) is 0 Å². The standard InChI is InChI=1S/C11H20O2/c1-5-9(4)8-10(6-2)11(12)13-7-3/h7,9-10H,3,5-6,8H2,1-2,4H3. The quantitative estimate of drug-likeness (QED) is 0.468. The van der Waals surface area contributed by atoms with Gasteiger partial charge in [-0.3, -0.25) is 4.79 Å². The minimum absolute atomic E-state index is 0.0351. The Morgan fingerprint density at radius 3 is 2.46 bits per heavy atom. The lowest BCUT2D eigenvalue weighted by Gasteiger charge is -2.15. The fraction of sp³-hybridized carbons (Fsp3) is 0.727. The topological polar surface area (TPSA) is 26.3 Å². The molecule has 2 unspecified atom stereocenters. The lowest BCUT2D eigenvalue weighted by atomic mass is 9.92. The van der Waals surface area contributed by atoms with E-state index >= 15 is 0 Å². The van der Waals surface area contributed by atoms with Gasteiger partial charge in [0.25, 0.3) is 0 Å². The fourth-order valence-electron chi connectivity index (χ4n) is 1.26. The molecule has 0 N–H and O–H groups in total. The summed E-state index contributed by atoms with van der Waals surface area (Å²) in [6, 6.07) is 0. The lowest BCUT2D eigenvalue weighted by molar-refractivity contribution is -0.143. The van der Waals surface area contributed by atoms with Crippen LogP contribution in [0.5, 0.6) is 0 Å². The molecule has 2 nitrogen and oxygen atoms in total. The van der Waals surface area contributed by atoms with Crippen molar-refractivity contribution in [2.24, 2.45) is 11.8 Å². The molecule has 0 bridgehead atoms. The van der Waals surface area contributed by atoms with E-state index in [-0.39, 0.29) is 11.9 Å². The van der Waals surface area contributed by atoms with Gasteiger partial charge in [0.15, 0.2) is 0 Å². The molecule has 0 saturated heterocycles. The van der Waals surface area contributed by atoms with E-state index in [2.05, 4.69) is 20.4 Å². The Labute approximate surface area is 81.0 Å². The Bertz CT molecular complexity index is 163. The first-order valence-electron chi connectivity index (χ1n) is 4.97. The zero-order valence-corrected chi connectivity index (χ0v) is 8.88. The minimum Gasteiger partial charge on any atom is -0.435 e. The number of carbonyl (C=O) groups is 1. The van der Waals surface area contributed by atoms with Crippen molar-refractivity contribution >= 4 is 5.97 Å². The van der Waals surface area contributed by atoms with Gasteiger partial charge in [-0.1, -0.05) is 33.8 Å². The van der Waals surface area contributed by atoms with E-state index in [4.69, 9.17) is 4.74 Å². The average Bonchev–Trinajstić information content (AvgIpc) is 2.14. The first-order chi connectivity index (χ1) is 6.15. The third-order valence-corrected chi connectivity index (χ3v) is 2.41. The van der Waals surface area contributed by atoms with Crippen molar-refractivity contribution in [1.29, 1.82) is 0 Å². The highest BCUT2D eigenvalue weighted by Crippen LogP contribution is 2.19.